The van der Waals surface area contributed by atoms with Gasteiger partial charge in [0.1, 0.15) is 12.2 Å². The van der Waals surface area contributed by atoms with Gasteiger partial charge in [0.05, 0.1) is 18.3 Å². The lowest BCUT2D eigenvalue weighted by Gasteiger charge is -2.20. The molecule has 14 heteroatoms. The van der Waals surface area contributed by atoms with Gasteiger partial charge in [-0.1, -0.05) is 60.7 Å². The maximum atomic E-state index is 12.5. The van der Waals surface area contributed by atoms with E-state index in [1.807, 2.05) is 42.6 Å². The van der Waals surface area contributed by atoms with Gasteiger partial charge < -0.3 is 35.9 Å². The lowest BCUT2D eigenvalue weighted by Crippen LogP contribution is -2.42. The average Bonchev–Trinajstić information content (AvgIpc) is 3.79. The maximum absolute atomic E-state index is 12.5. The Bertz CT molecular complexity index is 1630. The number of hydrogen-bond acceptors (Lipinski definition) is 10. The van der Waals surface area contributed by atoms with E-state index in [1.54, 1.807) is 13.3 Å². The highest BCUT2D eigenvalue weighted by molar-refractivity contribution is 5.85. The summed E-state index contributed by atoms with van der Waals surface area (Å²) in [5.74, 6) is 0.341. The Hall–Kier alpha value is -4.56. The van der Waals surface area contributed by atoms with Crippen LogP contribution in [-0.4, -0.2) is 83.6 Å². The molecule has 236 valence electrons. The van der Waals surface area contributed by atoms with Crippen LogP contribution >= 0.6 is 12.4 Å². The van der Waals surface area contributed by atoms with E-state index in [4.69, 9.17) is 14.7 Å². The number of aromatic amines is 1. The molecule has 0 aliphatic carbocycles. The van der Waals surface area contributed by atoms with Gasteiger partial charge in [0.25, 0.3) is 5.91 Å². The molecule has 1 fully saturated rings. The third kappa shape index (κ3) is 6.91. The highest BCUT2D eigenvalue weighted by atomic mass is 35.5. The molecule has 5 aromatic rings. The third-order valence-electron chi connectivity index (χ3n) is 7.64. The number of imidazole rings is 2. The fourth-order valence-corrected chi connectivity index (χ4v) is 5.41. The monoisotopic (exact) mass is 633 g/mol. The van der Waals surface area contributed by atoms with Crippen molar-refractivity contribution in [2.75, 3.05) is 30.3 Å². The second-order valence-corrected chi connectivity index (χ2v) is 10.5. The molecule has 4 heterocycles. The van der Waals surface area contributed by atoms with Gasteiger partial charge in [-0.2, -0.15) is 9.97 Å². The number of hydrogen-bond donors (Lipinski definition) is 6. The van der Waals surface area contributed by atoms with Crippen LogP contribution in [0.15, 0.2) is 79.5 Å². The fraction of sp³-hybridized carbons (Fsp3) is 0.323. The zero-order valence-corrected chi connectivity index (χ0v) is 25.4. The smallest absolute Gasteiger partial charge is 0.252 e. The predicted molar refractivity (Wildman–Crippen MR) is 171 cm³/mol. The van der Waals surface area contributed by atoms with E-state index in [0.29, 0.717) is 49.0 Å². The molecule has 0 spiro atoms. The summed E-state index contributed by atoms with van der Waals surface area (Å²) in [6, 6.07) is 20.5. The lowest BCUT2D eigenvalue weighted by atomic mass is 9.91. The van der Waals surface area contributed by atoms with E-state index >= 15 is 0 Å². The molecule has 3 aromatic heterocycles. The van der Waals surface area contributed by atoms with Gasteiger partial charge in [-0.3, -0.25) is 9.36 Å². The number of anilines is 2. The van der Waals surface area contributed by atoms with Crippen LogP contribution in [0.2, 0.25) is 0 Å². The van der Waals surface area contributed by atoms with Crippen LogP contribution in [0.1, 0.15) is 35.9 Å². The van der Waals surface area contributed by atoms with Crippen molar-refractivity contribution in [2.45, 2.75) is 43.8 Å². The number of aliphatic hydroxyl groups is 2. The number of nitrogens with one attached hydrogen (secondary N) is 4. The SMILES string of the molecule is CCNC(=O)[C@H]1O[C@@H](n2cnc3c(NCC(c4ccccc4)c4ccccc4)nc(NCCc4c[nH]cn4)nc32)[C@H](O)[C@@H]1O.Cl. The number of likely N-dealkylation sites (N-methyl/N-ethyl adjacent to an activating group) is 1. The summed E-state index contributed by atoms with van der Waals surface area (Å²) in [6.07, 6.45) is 0.432. The van der Waals surface area contributed by atoms with Gasteiger partial charge in [-0.05, 0) is 18.1 Å². The zero-order chi connectivity index (χ0) is 30.5. The van der Waals surface area contributed by atoms with Crippen LogP contribution in [0.4, 0.5) is 11.8 Å². The minimum absolute atomic E-state index is 0. The topological polar surface area (TPSA) is 175 Å². The van der Waals surface area contributed by atoms with Crippen molar-refractivity contribution < 1.29 is 19.7 Å². The summed E-state index contributed by atoms with van der Waals surface area (Å²) in [5.41, 5.74) is 4.01. The van der Waals surface area contributed by atoms with E-state index in [-0.39, 0.29) is 18.3 Å². The zero-order valence-electron chi connectivity index (χ0n) is 24.6. The molecule has 0 saturated carbocycles. The van der Waals surface area contributed by atoms with Crippen LogP contribution in [0, 0.1) is 0 Å². The first-order valence-electron chi connectivity index (χ1n) is 14.6. The molecule has 13 nitrogen and oxygen atoms in total. The van der Waals surface area contributed by atoms with Crippen LogP contribution < -0.4 is 16.0 Å². The van der Waals surface area contributed by atoms with E-state index in [9.17, 15) is 15.0 Å². The molecule has 0 radical (unpaired) electrons. The van der Waals surface area contributed by atoms with Gasteiger partial charge >= 0.3 is 0 Å². The highest BCUT2D eigenvalue weighted by Crippen LogP contribution is 2.33. The second kappa shape index (κ2) is 14.5. The number of aromatic nitrogens is 6. The van der Waals surface area contributed by atoms with Crippen molar-refractivity contribution in [2.24, 2.45) is 0 Å². The first-order valence-corrected chi connectivity index (χ1v) is 14.6. The Kier molecular flexibility index (Phi) is 10.2. The summed E-state index contributed by atoms with van der Waals surface area (Å²) in [6.45, 7) is 3.16. The Morgan fingerprint density at radius 2 is 1.71 bits per heavy atom. The molecule has 1 saturated heterocycles. The number of benzene rings is 2. The largest absolute Gasteiger partial charge is 0.387 e. The minimum Gasteiger partial charge on any atom is -0.387 e. The Labute approximate surface area is 265 Å². The number of carbonyl (C=O) groups excluding carboxylic acids is 1. The first kappa shape index (κ1) is 31.9. The lowest BCUT2D eigenvalue weighted by molar-refractivity contribution is -0.137. The highest BCUT2D eigenvalue weighted by Gasteiger charge is 2.47. The number of fused-ring (bicyclic) bond motifs is 1. The number of ether oxygens (including phenoxy) is 1. The molecule has 1 aliphatic heterocycles. The number of carbonyl (C=O) groups is 1. The molecule has 6 N–H and O–H groups in total. The number of H-pyrrole nitrogens is 1. The van der Waals surface area contributed by atoms with Crippen molar-refractivity contribution in [3.05, 3.63) is 96.3 Å². The number of amides is 1. The number of halogens is 1. The molecule has 2 aromatic carbocycles. The fourth-order valence-electron chi connectivity index (χ4n) is 5.41. The van der Waals surface area contributed by atoms with Crippen LogP contribution in [0.5, 0.6) is 0 Å². The van der Waals surface area contributed by atoms with Crippen molar-refractivity contribution in [1.29, 1.82) is 0 Å². The van der Waals surface area contributed by atoms with Crippen LogP contribution in [0.25, 0.3) is 11.2 Å². The number of nitrogens with zero attached hydrogens (tertiary/aromatic N) is 5. The quantitative estimate of drug-likeness (QED) is 0.120. The summed E-state index contributed by atoms with van der Waals surface area (Å²) < 4.78 is 7.40. The summed E-state index contributed by atoms with van der Waals surface area (Å²) in [5, 5.41) is 30.9. The van der Waals surface area contributed by atoms with Gasteiger partial charge in [0.2, 0.25) is 5.95 Å². The first-order chi connectivity index (χ1) is 21.5. The van der Waals surface area contributed by atoms with Crippen molar-refractivity contribution in [3.63, 3.8) is 0 Å². The van der Waals surface area contributed by atoms with E-state index in [2.05, 4.69) is 55.2 Å². The van der Waals surface area contributed by atoms with Gasteiger partial charge in [0.15, 0.2) is 29.3 Å². The number of rotatable bonds is 12. The Morgan fingerprint density at radius 1 is 1.00 bits per heavy atom. The van der Waals surface area contributed by atoms with E-state index in [1.165, 1.54) is 10.9 Å². The molecule has 4 atom stereocenters. The molecular weight excluding hydrogens is 598 g/mol. The Morgan fingerprint density at radius 3 is 2.36 bits per heavy atom. The maximum Gasteiger partial charge on any atom is 0.252 e. The minimum atomic E-state index is -1.42. The summed E-state index contributed by atoms with van der Waals surface area (Å²) >= 11 is 0. The summed E-state index contributed by atoms with van der Waals surface area (Å²) in [4.78, 5) is 33.8. The Balaban J connectivity index is 0.00000400. The normalized spacial score (nSPS) is 19.4. The average molecular weight is 634 g/mol. The molecule has 6 rings (SSSR count). The van der Waals surface area contributed by atoms with Crippen molar-refractivity contribution in [1.82, 2.24) is 34.8 Å². The van der Waals surface area contributed by atoms with Crippen LogP contribution in [0.3, 0.4) is 0 Å². The predicted octanol–water partition coefficient (Wildman–Crippen LogP) is 2.63. The molecule has 1 aliphatic rings. The molecule has 1 amide bonds. The summed E-state index contributed by atoms with van der Waals surface area (Å²) in [7, 11) is 0. The van der Waals surface area contributed by atoms with Crippen molar-refractivity contribution in [3.8, 4) is 0 Å². The molecule has 0 bridgehead atoms. The number of aliphatic hydroxyl groups excluding tert-OH is 2. The molecule has 0 unspecified atom stereocenters. The van der Waals surface area contributed by atoms with E-state index < -0.39 is 30.4 Å². The van der Waals surface area contributed by atoms with Gasteiger partial charge in [-0.15, -0.1) is 12.4 Å². The third-order valence-corrected chi connectivity index (χ3v) is 7.64. The second-order valence-electron chi connectivity index (χ2n) is 10.5. The van der Waals surface area contributed by atoms with Gasteiger partial charge in [-0.25, -0.2) is 9.97 Å². The van der Waals surface area contributed by atoms with Gasteiger partial charge in [0, 0.05) is 38.2 Å². The van der Waals surface area contributed by atoms with Crippen molar-refractivity contribution >= 4 is 41.2 Å². The molecular formula is C31H36ClN9O4. The molecule has 45 heavy (non-hydrogen) atoms. The van der Waals surface area contributed by atoms with E-state index in [0.717, 1.165) is 16.8 Å². The standard InChI is InChI=1S/C31H35N9O4.ClH/c1-2-33-29(43)26-24(41)25(42)30(44-26)40-18-37-23-27(38-31(39-28(23)40)34-14-13-21-15-32-17-36-21)35-16-22(19-9-5-3-6-10-19)20-11-7-4-8-12-20;/h3-12,15,17-18,22,24-26,30,41-42H,2,13-14,16H2,1H3,(H,32,36)(H,33,43)(H2,34,35,38,39);1H/t24-,25+,26-,30+;/m0./s1. The van der Waals surface area contributed by atoms with Crippen LogP contribution in [-0.2, 0) is 16.0 Å².